The van der Waals surface area contributed by atoms with Crippen LogP contribution < -0.4 is 0 Å². The molecule has 0 aliphatic rings. The molecule has 0 saturated heterocycles. The van der Waals surface area contributed by atoms with Gasteiger partial charge in [-0.2, -0.15) is 4.39 Å². The summed E-state index contributed by atoms with van der Waals surface area (Å²) in [6, 6.07) is 4.29. The van der Waals surface area contributed by atoms with Crippen molar-refractivity contribution in [3.8, 4) is 11.1 Å². The van der Waals surface area contributed by atoms with Gasteiger partial charge in [-0.15, -0.1) is 0 Å². The number of halogens is 4. The molecule has 1 aromatic carbocycles. The topological polar surface area (TPSA) is 30.0 Å². The lowest BCUT2D eigenvalue weighted by atomic mass is 10.1. The summed E-state index contributed by atoms with van der Waals surface area (Å²) in [7, 11) is 0. The Morgan fingerprint density at radius 1 is 1.11 bits per heavy atom. The third kappa shape index (κ3) is 2.48. The van der Waals surface area contributed by atoms with E-state index < -0.39 is 5.95 Å². The van der Waals surface area contributed by atoms with Crippen molar-refractivity contribution in [3.63, 3.8) is 0 Å². The fourth-order valence-corrected chi connectivity index (χ4v) is 2.04. The van der Waals surface area contributed by atoms with E-state index in [0.717, 1.165) is 6.20 Å². The summed E-state index contributed by atoms with van der Waals surface area (Å²) in [6.07, 6.45) is 1.72. The Bertz CT molecular complexity index is 608. The van der Waals surface area contributed by atoms with Gasteiger partial charge in [0.25, 0.3) is 0 Å². The third-order valence-corrected chi connectivity index (χ3v) is 3.49. The molecule has 2 nitrogen and oxygen atoms in total. The number of aromatic nitrogens is 1. The number of nitrogens with zero attached hydrogens (tertiary/aromatic N) is 1. The lowest BCUT2D eigenvalue weighted by molar-refractivity contribution is 0.112. The van der Waals surface area contributed by atoms with E-state index >= 15 is 0 Å². The Kier molecular flexibility index (Phi) is 3.85. The normalized spacial score (nSPS) is 10.4. The standard InChI is InChI=1S/C12H5Cl3FNO/c13-9-2-7(3-10(14)11(9)15)8-1-6(5-18)4-17-12(8)16/h1-5H. The van der Waals surface area contributed by atoms with Crippen LogP contribution in [0.5, 0.6) is 0 Å². The first kappa shape index (κ1) is 13.3. The molecule has 0 N–H and O–H groups in total. The Hall–Kier alpha value is -1.16. The predicted octanol–water partition coefficient (Wildman–Crippen LogP) is 4.66. The summed E-state index contributed by atoms with van der Waals surface area (Å²) in [5, 5.41) is 0.604. The minimum absolute atomic E-state index is 0.139. The molecule has 1 aromatic heterocycles. The van der Waals surface area contributed by atoms with Crippen LogP contribution in [0.2, 0.25) is 15.1 Å². The van der Waals surface area contributed by atoms with Gasteiger partial charge in [-0.1, -0.05) is 34.8 Å². The molecule has 0 aliphatic heterocycles. The van der Waals surface area contributed by atoms with E-state index in [1.54, 1.807) is 0 Å². The highest BCUT2D eigenvalue weighted by atomic mass is 35.5. The SMILES string of the molecule is O=Cc1cnc(F)c(-c2cc(Cl)c(Cl)c(Cl)c2)c1. The fourth-order valence-electron chi connectivity index (χ4n) is 1.44. The molecule has 6 heteroatoms. The summed E-state index contributed by atoms with van der Waals surface area (Å²) >= 11 is 17.5. The van der Waals surface area contributed by atoms with Gasteiger partial charge in [0, 0.05) is 17.3 Å². The summed E-state index contributed by atoms with van der Waals surface area (Å²) in [6.45, 7) is 0. The molecule has 0 radical (unpaired) electrons. The van der Waals surface area contributed by atoms with Gasteiger partial charge < -0.3 is 0 Å². The predicted molar refractivity (Wildman–Crippen MR) is 70.0 cm³/mol. The maximum absolute atomic E-state index is 13.6. The van der Waals surface area contributed by atoms with Gasteiger partial charge in [-0.25, -0.2) is 4.98 Å². The van der Waals surface area contributed by atoms with Crippen LogP contribution in [0.3, 0.4) is 0 Å². The number of hydrogen-bond acceptors (Lipinski definition) is 2. The molecular weight excluding hydrogens is 299 g/mol. The van der Waals surface area contributed by atoms with Crippen molar-refractivity contribution in [2.24, 2.45) is 0 Å². The van der Waals surface area contributed by atoms with Gasteiger partial charge >= 0.3 is 0 Å². The smallest absolute Gasteiger partial charge is 0.220 e. The van der Waals surface area contributed by atoms with Crippen molar-refractivity contribution >= 4 is 41.1 Å². The number of benzene rings is 1. The molecule has 0 unspecified atom stereocenters. The highest BCUT2D eigenvalue weighted by Crippen LogP contribution is 2.35. The van der Waals surface area contributed by atoms with Crippen molar-refractivity contribution in [1.29, 1.82) is 0 Å². The Morgan fingerprint density at radius 2 is 1.72 bits per heavy atom. The zero-order valence-electron chi connectivity index (χ0n) is 8.75. The average molecular weight is 305 g/mol. The van der Waals surface area contributed by atoms with Crippen LogP contribution >= 0.6 is 34.8 Å². The van der Waals surface area contributed by atoms with Crippen LogP contribution in [-0.2, 0) is 0 Å². The first-order valence-corrected chi connectivity index (χ1v) is 5.92. The molecule has 0 fully saturated rings. The zero-order valence-corrected chi connectivity index (χ0v) is 11.0. The van der Waals surface area contributed by atoms with E-state index in [-0.39, 0.29) is 26.2 Å². The molecule has 1 heterocycles. The van der Waals surface area contributed by atoms with E-state index in [0.29, 0.717) is 11.8 Å². The van der Waals surface area contributed by atoms with E-state index in [2.05, 4.69) is 4.98 Å². The van der Waals surface area contributed by atoms with E-state index in [1.165, 1.54) is 18.2 Å². The van der Waals surface area contributed by atoms with Gasteiger partial charge in [-0.05, 0) is 23.8 Å². The second-order valence-electron chi connectivity index (χ2n) is 3.48. The molecule has 2 rings (SSSR count). The monoisotopic (exact) mass is 303 g/mol. The fraction of sp³-hybridized carbons (Fsp3) is 0. The Morgan fingerprint density at radius 3 is 2.28 bits per heavy atom. The molecule has 0 saturated carbocycles. The van der Waals surface area contributed by atoms with Crippen molar-refractivity contribution < 1.29 is 9.18 Å². The third-order valence-electron chi connectivity index (χ3n) is 2.29. The molecule has 0 atom stereocenters. The Balaban J connectivity index is 2.65. The van der Waals surface area contributed by atoms with Crippen LogP contribution in [0.4, 0.5) is 4.39 Å². The van der Waals surface area contributed by atoms with Crippen LogP contribution in [0.15, 0.2) is 24.4 Å². The number of carbonyl (C=O) groups is 1. The minimum Gasteiger partial charge on any atom is -0.298 e. The molecule has 18 heavy (non-hydrogen) atoms. The summed E-state index contributed by atoms with van der Waals surface area (Å²) in [5.74, 6) is -0.713. The number of hydrogen-bond donors (Lipinski definition) is 0. The minimum atomic E-state index is -0.713. The van der Waals surface area contributed by atoms with Gasteiger partial charge in [0.15, 0.2) is 6.29 Å². The molecule has 2 aromatic rings. The first-order valence-electron chi connectivity index (χ1n) is 4.78. The van der Waals surface area contributed by atoms with Crippen LogP contribution in [-0.4, -0.2) is 11.3 Å². The van der Waals surface area contributed by atoms with Gasteiger partial charge in [0.05, 0.1) is 15.1 Å². The summed E-state index contributed by atoms with van der Waals surface area (Å²) in [4.78, 5) is 14.1. The second kappa shape index (κ2) is 5.22. The van der Waals surface area contributed by atoms with Crippen molar-refractivity contribution in [1.82, 2.24) is 4.98 Å². The zero-order chi connectivity index (χ0) is 13.3. The number of pyridine rings is 1. The van der Waals surface area contributed by atoms with Crippen LogP contribution in [0, 0.1) is 5.95 Å². The molecule has 0 spiro atoms. The molecule has 0 aliphatic carbocycles. The van der Waals surface area contributed by atoms with Crippen LogP contribution in [0.1, 0.15) is 10.4 Å². The highest BCUT2D eigenvalue weighted by molar-refractivity contribution is 6.48. The molecule has 0 amide bonds. The average Bonchev–Trinajstić information content (AvgIpc) is 2.36. The molecular formula is C12H5Cl3FNO. The van der Waals surface area contributed by atoms with Crippen LogP contribution in [0.25, 0.3) is 11.1 Å². The van der Waals surface area contributed by atoms with Crippen molar-refractivity contribution in [2.45, 2.75) is 0 Å². The largest absolute Gasteiger partial charge is 0.298 e. The van der Waals surface area contributed by atoms with Gasteiger partial charge in [-0.3, -0.25) is 4.79 Å². The number of aldehydes is 1. The quantitative estimate of drug-likeness (QED) is 0.459. The lowest BCUT2D eigenvalue weighted by Gasteiger charge is -2.06. The van der Waals surface area contributed by atoms with E-state index in [1.807, 2.05) is 0 Å². The number of carbonyl (C=O) groups excluding carboxylic acids is 1. The van der Waals surface area contributed by atoms with E-state index in [4.69, 9.17) is 34.8 Å². The van der Waals surface area contributed by atoms with E-state index in [9.17, 15) is 9.18 Å². The van der Waals surface area contributed by atoms with Crippen molar-refractivity contribution in [3.05, 3.63) is 51.0 Å². The first-order chi connectivity index (χ1) is 8.52. The van der Waals surface area contributed by atoms with Gasteiger partial charge in [0.1, 0.15) is 0 Å². The van der Waals surface area contributed by atoms with Crippen molar-refractivity contribution in [2.75, 3.05) is 0 Å². The number of rotatable bonds is 2. The molecule has 0 bridgehead atoms. The molecule has 92 valence electrons. The maximum Gasteiger partial charge on any atom is 0.220 e. The maximum atomic E-state index is 13.6. The summed E-state index contributed by atoms with van der Waals surface area (Å²) in [5.41, 5.74) is 0.803. The lowest BCUT2D eigenvalue weighted by Crippen LogP contribution is -1.92. The Labute approximate surface area is 117 Å². The highest BCUT2D eigenvalue weighted by Gasteiger charge is 2.12. The summed E-state index contributed by atoms with van der Waals surface area (Å²) < 4.78 is 13.6. The van der Waals surface area contributed by atoms with Gasteiger partial charge in [0.2, 0.25) is 5.95 Å². The second-order valence-corrected chi connectivity index (χ2v) is 4.67.